The molecule has 0 aromatic carbocycles. The number of hydrogen-bond acceptors (Lipinski definition) is 4. The molecule has 0 heterocycles. The Morgan fingerprint density at radius 3 is 1.50 bits per heavy atom. The van der Waals surface area contributed by atoms with Gasteiger partial charge >= 0.3 is 5.97 Å². The van der Waals surface area contributed by atoms with Gasteiger partial charge in [-0.1, -0.05) is 11.6 Å². The maximum absolute atomic E-state index is 7.95. The summed E-state index contributed by atoms with van der Waals surface area (Å²) in [6.45, 7) is 0. The molecular formula is C2H6ClNNaO3. The zero-order valence-electron chi connectivity index (χ0n) is 4.37. The van der Waals surface area contributed by atoms with E-state index in [9.17, 15) is 0 Å². The molecule has 8 heavy (non-hydrogen) atoms. The maximum atomic E-state index is 7.95. The third-order valence-electron chi connectivity index (χ3n) is 0.370. The van der Waals surface area contributed by atoms with Crippen molar-refractivity contribution < 1.29 is 15.3 Å². The molecule has 1 unspecified atom stereocenters. The summed E-state index contributed by atoms with van der Waals surface area (Å²) in [4.78, 5) is 0. The van der Waals surface area contributed by atoms with Gasteiger partial charge in [-0.3, -0.25) is 0 Å². The SMILES string of the molecule is NC(Cl)C(O)(O)O.[Na]. The molecule has 45 valence electrons. The van der Waals surface area contributed by atoms with Gasteiger partial charge in [0.05, 0.1) is 0 Å². The van der Waals surface area contributed by atoms with Crippen LogP contribution in [0, 0.1) is 0 Å². The quantitative estimate of drug-likeness (QED) is 0.147. The summed E-state index contributed by atoms with van der Waals surface area (Å²) in [6, 6.07) is 0. The Morgan fingerprint density at radius 1 is 1.38 bits per heavy atom. The molecule has 0 saturated heterocycles. The van der Waals surface area contributed by atoms with Gasteiger partial charge < -0.3 is 21.1 Å². The van der Waals surface area contributed by atoms with Crippen LogP contribution in [0.1, 0.15) is 0 Å². The minimum absolute atomic E-state index is 0. The standard InChI is InChI=1S/C2H6ClNO3.Na/c3-1(4)2(5,6)7;/h1,5-7H,4H2;. The maximum Gasteiger partial charge on any atom is 0.306 e. The predicted octanol–water partition coefficient (Wildman–Crippen LogP) is -2.24. The summed E-state index contributed by atoms with van der Waals surface area (Å²) in [5.74, 6) is -2.96. The Morgan fingerprint density at radius 2 is 1.50 bits per heavy atom. The number of halogens is 1. The van der Waals surface area contributed by atoms with Crippen LogP contribution in [0.15, 0.2) is 0 Å². The van der Waals surface area contributed by atoms with Crippen molar-refractivity contribution in [2.45, 2.75) is 11.5 Å². The molecule has 0 aliphatic carbocycles. The first kappa shape index (κ1) is 11.9. The van der Waals surface area contributed by atoms with Crippen molar-refractivity contribution in [3.63, 3.8) is 0 Å². The van der Waals surface area contributed by atoms with E-state index in [2.05, 4.69) is 5.73 Å². The van der Waals surface area contributed by atoms with E-state index < -0.39 is 11.5 Å². The van der Waals surface area contributed by atoms with Crippen molar-refractivity contribution in [3.8, 4) is 0 Å². The van der Waals surface area contributed by atoms with Gasteiger partial charge in [0.15, 0.2) is 5.50 Å². The number of nitrogens with two attached hydrogens (primary N) is 1. The number of rotatable bonds is 1. The van der Waals surface area contributed by atoms with Gasteiger partial charge in [-0.15, -0.1) is 0 Å². The van der Waals surface area contributed by atoms with Crippen LogP contribution in [0.3, 0.4) is 0 Å². The first-order valence-electron chi connectivity index (χ1n) is 1.51. The van der Waals surface area contributed by atoms with E-state index in [4.69, 9.17) is 26.9 Å². The molecule has 0 rings (SSSR count). The molecule has 6 heteroatoms. The Balaban J connectivity index is 0. The molecule has 0 aromatic rings. The van der Waals surface area contributed by atoms with Crippen molar-refractivity contribution >= 4 is 41.2 Å². The van der Waals surface area contributed by atoms with Gasteiger partial charge in [-0.2, -0.15) is 0 Å². The first-order chi connectivity index (χ1) is 2.94. The zero-order valence-corrected chi connectivity index (χ0v) is 7.13. The number of hydrogen-bond donors (Lipinski definition) is 4. The van der Waals surface area contributed by atoms with E-state index in [-0.39, 0.29) is 29.6 Å². The van der Waals surface area contributed by atoms with Gasteiger partial charge in [0.25, 0.3) is 0 Å². The van der Waals surface area contributed by atoms with Gasteiger partial charge in [-0.05, 0) is 0 Å². The van der Waals surface area contributed by atoms with E-state index in [1.807, 2.05) is 0 Å². The minimum Gasteiger partial charge on any atom is -0.341 e. The fourth-order valence-electron chi connectivity index (χ4n) is 0. The second-order valence-electron chi connectivity index (χ2n) is 1.09. The summed E-state index contributed by atoms with van der Waals surface area (Å²) in [5.41, 5.74) is 3.02. The average molecular weight is 151 g/mol. The molecule has 0 spiro atoms. The third kappa shape index (κ3) is 5.27. The molecular weight excluding hydrogens is 144 g/mol. The van der Waals surface area contributed by atoms with Crippen molar-refractivity contribution in [3.05, 3.63) is 0 Å². The summed E-state index contributed by atoms with van der Waals surface area (Å²) in [6.07, 6.45) is 0. The molecule has 5 N–H and O–H groups in total. The van der Waals surface area contributed by atoms with E-state index in [1.54, 1.807) is 0 Å². The van der Waals surface area contributed by atoms with Crippen molar-refractivity contribution in [2.75, 3.05) is 0 Å². The molecule has 0 amide bonds. The Labute approximate surface area is 73.5 Å². The molecule has 0 fully saturated rings. The second-order valence-corrected chi connectivity index (χ2v) is 1.56. The van der Waals surface area contributed by atoms with Crippen LogP contribution in [0.2, 0.25) is 0 Å². The van der Waals surface area contributed by atoms with E-state index in [1.165, 1.54) is 0 Å². The normalized spacial score (nSPS) is 14.6. The molecule has 0 aliphatic heterocycles. The van der Waals surface area contributed by atoms with Crippen LogP contribution in [0.4, 0.5) is 0 Å². The van der Waals surface area contributed by atoms with Crippen LogP contribution in [0.5, 0.6) is 0 Å². The van der Waals surface area contributed by atoms with Crippen molar-refractivity contribution in [2.24, 2.45) is 5.73 Å². The van der Waals surface area contributed by atoms with Crippen LogP contribution < -0.4 is 5.73 Å². The Bertz CT molecular complexity index is 62.8. The summed E-state index contributed by atoms with van der Waals surface area (Å²) in [7, 11) is 0. The van der Waals surface area contributed by atoms with Crippen molar-refractivity contribution in [1.29, 1.82) is 0 Å². The Hall–Kier alpha value is 1.13. The Kier molecular flexibility index (Phi) is 5.98. The summed E-state index contributed by atoms with van der Waals surface area (Å²) in [5, 5.41) is 23.8. The molecule has 0 aromatic heterocycles. The monoisotopic (exact) mass is 150 g/mol. The van der Waals surface area contributed by atoms with Gasteiger partial charge in [-0.25, -0.2) is 0 Å². The molecule has 0 aliphatic rings. The smallest absolute Gasteiger partial charge is 0.306 e. The number of aliphatic hydroxyl groups is 3. The second kappa shape index (κ2) is 4.03. The minimum atomic E-state index is -2.96. The van der Waals surface area contributed by atoms with Crippen molar-refractivity contribution in [1.82, 2.24) is 0 Å². The van der Waals surface area contributed by atoms with E-state index in [0.717, 1.165) is 0 Å². The summed E-state index contributed by atoms with van der Waals surface area (Å²) < 4.78 is 0. The molecule has 0 saturated carbocycles. The largest absolute Gasteiger partial charge is 0.341 e. The fourth-order valence-corrected chi connectivity index (χ4v) is 0. The average Bonchev–Trinajstić information content (AvgIpc) is 1.31. The fraction of sp³-hybridized carbons (Fsp3) is 1.00. The zero-order chi connectivity index (χ0) is 6.08. The molecule has 1 radical (unpaired) electrons. The van der Waals surface area contributed by atoms with Crippen LogP contribution in [-0.4, -0.2) is 56.4 Å². The molecule has 1 atom stereocenters. The van der Waals surface area contributed by atoms with Gasteiger partial charge in [0, 0.05) is 29.6 Å². The van der Waals surface area contributed by atoms with E-state index in [0.29, 0.717) is 0 Å². The van der Waals surface area contributed by atoms with E-state index >= 15 is 0 Å². The molecule has 4 nitrogen and oxygen atoms in total. The topological polar surface area (TPSA) is 86.7 Å². The number of alkyl halides is 1. The van der Waals surface area contributed by atoms with Crippen LogP contribution in [0.25, 0.3) is 0 Å². The van der Waals surface area contributed by atoms with Gasteiger partial charge in [0.2, 0.25) is 0 Å². The van der Waals surface area contributed by atoms with Gasteiger partial charge in [0.1, 0.15) is 0 Å². The third-order valence-corrected chi connectivity index (χ3v) is 0.663. The van der Waals surface area contributed by atoms with Crippen LogP contribution >= 0.6 is 11.6 Å². The van der Waals surface area contributed by atoms with Crippen LogP contribution in [-0.2, 0) is 0 Å². The predicted molar refractivity (Wildman–Crippen MR) is 29.0 cm³/mol. The first-order valence-corrected chi connectivity index (χ1v) is 1.95. The molecule has 0 bridgehead atoms. The summed E-state index contributed by atoms with van der Waals surface area (Å²) >= 11 is 4.78.